The van der Waals surface area contributed by atoms with Crippen molar-refractivity contribution in [3.63, 3.8) is 0 Å². The van der Waals surface area contributed by atoms with Gasteiger partial charge in [0.25, 0.3) is 5.91 Å². The monoisotopic (exact) mass is 394 g/mol. The Morgan fingerprint density at radius 3 is 2.31 bits per heavy atom. The van der Waals surface area contributed by atoms with Gasteiger partial charge in [-0.15, -0.1) is 0 Å². The standard InChI is InChI=1S/C19H23ClN2O3S/c1-14(2)17-6-4-5-7-18(17)22(26(3,24)25)13-12-21-19(23)15-8-10-16(20)11-9-15/h4-11,14H,12-13H2,1-3H3,(H,21,23). The molecule has 2 aromatic rings. The Labute approximate surface area is 160 Å². The second kappa shape index (κ2) is 8.56. The SMILES string of the molecule is CC(C)c1ccccc1N(CCNC(=O)c1ccc(Cl)cc1)S(C)(=O)=O. The Morgan fingerprint density at radius 2 is 1.73 bits per heavy atom. The molecular formula is C19H23ClN2O3S. The van der Waals surface area contributed by atoms with Gasteiger partial charge in [0.05, 0.1) is 18.5 Å². The first kappa shape index (κ1) is 20.3. The van der Waals surface area contributed by atoms with Gasteiger partial charge in [0.2, 0.25) is 10.0 Å². The molecule has 0 heterocycles. The molecule has 0 spiro atoms. The van der Waals surface area contributed by atoms with Crippen LogP contribution in [0.4, 0.5) is 5.69 Å². The van der Waals surface area contributed by atoms with Crippen LogP contribution in [0.25, 0.3) is 0 Å². The summed E-state index contributed by atoms with van der Waals surface area (Å²) in [5, 5.41) is 3.30. The zero-order valence-corrected chi connectivity index (χ0v) is 16.6. The highest BCUT2D eigenvalue weighted by molar-refractivity contribution is 7.92. The van der Waals surface area contributed by atoms with E-state index in [1.54, 1.807) is 30.3 Å². The molecule has 2 aromatic carbocycles. The molecule has 0 unspecified atom stereocenters. The predicted octanol–water partition coefficient (Wildman–Crippen LogP) is 3.66. The summed E-state index contributed by atoms with van der Waals surface area (Å²) >= 11 is 5.82. The number of para-hydroxylation sites is 1. The first-order chi connectivity index (χ1) is 12.2. The number of hydrogen-bond donors (Lipinski definition) is 1. The van der Waals surface area contributed by atoms with Crippen molar-refractivity contribution in [1.82, 2.24) is 5.32 Å². The molecule has 0 aromatic heterocycles. The molecule has 0 atom stereocenters. The van der Waals surface area contributed by atoms with Crippen molar-refractivity contribution in [2.45, 2.75) is 19.8 Å². The molecule has 1 N–H and O–H groups in total. The zero-order chi connectivity index (χ0) is 19.3. The van der Waals surface area contributed by atoms with Crippen molar-refractivity contribution < 1.29 is 13.2 Å². The summed E-state index contributed by atoms with van der Waals surface area (Å²) in [6, 6.07) is 13.9. The lowest BCUT2D eigenvalue weighted by Gasteiger charge is -2.26. The molecule has 0 bridgehead atoms. The minimum absolute atomic E-state index is 0.155. The van der Waals surface area contributed by atoms with Crippen LogP contribution in [-0.4, -0.2) is 33.7 Å². The van der Waals surface area contributed by atoms with Crippen LogP contribution in [0.3, 0.4) is 0 Å². The maximum atomic E-state index is 12.3. The predicted molar refractivity (Wildman–Crippen MR) is 107 cm³/mol. The number of benzene rings is 2. The van der Waals surface area contributed by atoms with E-state index in [0.29, 0.717) is 16.3 Å². The molecule has 0 radical (unpaired) electrons. The highest BCUT2D eigenvalue weighted by Gasteiger charge is 2.21. The second-order valence-corrected chi connectivity index (χ2v) is 8.65. The Hall–Kier alpha value is -2.05. The topological polar surface area (TPSA) is 66.5 Å². The van der Waals surface area contributed by atoms with Crippen LogP contribution in [-0.2, 0) is 10.0 Å². The van der Waals surface area contributed by atoms with E-state index in [9.17, 15) is 13.2 Å². The van der Waals surface area contributed by atoms with E-state index in [4.69, 9.17) is 11.6 Å². The van der Waals surface area contributed by atoms with Crippen LogP contribution in [0, 0.1) is 0 Å². The highest BCUT2D eigenvalue weighted by atomic mass is 35.5. The van der Waals surface area contributed by atoms with Gasteiger partial charge in [-0.2, -0.15) is 0 Å². The molecular weight excluding hydrogens is 372 g/mol. The quantitative estimate of drug-likeness (QED) is 0.779. The molecule has 1 amide bonds. The van der Waals surface area contributed by atoms with Crippen molar-refractivity contribution in [2.75, 3.05) is 23.7 Å². The van der Waals surface area contributed by atoms with E-state index in [1.807, 2.05) is 32.0 Å². The third-order valence-electron chi connectivity index (χ3n) is 3.93. The molecule has 0 fully saturated rings. The Balaban J connectivity index is 2.13. The Bertz CT molecular complexity index is 865. The van der Waals surface area contributed by atoms with Crippen molar-refractivity contribution >= 4 is 33.2 Å². The summed E-state index contributed by atoms with van der Waals surface area (Å²) in [7, 11) is -3.48. The molecule has 2 rings (SSSR count). The molecule has 0 saturated carbocycles. The molecule has 0 saturated heterocycles. The van der Waals surface area contributed by atoms with Crippen LogP contribution in [0.15, 0.2) is 48.5 Å². The normalized spacial score (nSPS) is 11.4. The maximum absolute atomic E-state index is 12.3. The number of amides is 1. The first-order valence-corrected chi connectivity index (χ1v) is 10.5. The maximum Gasteiger partial charge on any atom is 0.251 e. The second-order valence-electron chi connectivity index (χ2n) is 6.31. The number of carbonyl (C=O) groups is 1. The summed E-state index contributed by atoms with van der Waals surface area (Å²) in [5.41, 5.74) is 2.07. The lowest BCUT2D eigenvalue weighted by atomic mass is 10.0. The van der Waals surface area contributed by atoms with Crippen molar-refractivity contribution in [2.24, 2.45) is 0 Å². The van der Waals surface area contributed by atoms with Gasteiger partial charge in [0, 0.05) is 17.1 Å². The summed E-state index contributed by atoms with van der Waals surface area (Å²) in [4.78, 5) is 12.2. The van der Waals surface area contributed by atoms with E-state index in [0.717, 1.165) is 5.56 Å². The molecule has 140 valence electrons. The van der Waals surface area contributed by atoms with Gasteiger partial charge < -0.3 is 5.32 Å². The minimum atomic E-state index is -3.48. The molecule has 0 aliphatic rings. The third-order valence-corrected chi connectivity index (χ3v) is 5.37. The molecule has 7 heteroatoms. The summed E-state index contributed by atoms with van der Waals surface area (Å²) in [6.45, 7) is 4.38. The molecule has 0 aliphatic carbocycles. The minimum Gasteiger partial charge on any atom is -0.350 e. The number of sulfonamides is 1. The zero-order valence-electron chi connectivity index (χ0n) is 15.1. The number of hydrogen-bond acceptors (Lipinski definition) is 3. The van der Waals surface area contributed by atoms with E-state index in [-0.39, 0.29) is 24.9 Å². The van der Waals surface area contributed by atoms with Gasteiger partial charge in [-0.3, -0.25) is 9.10 Å². The number of nitrogens with one attached hydrogen (secondary N) is 1. The van der Waals surface area contributed by atoms with Gasteiger partial charge in [-0.25, -0.2) is 8.42 Å². The van der Waals surface area contributed by atoms with Crippen LogP contribution in [0.2, 0.25) is 5.02 Å². The van der Waals surface area contributed by atoms with E-state index < -0.39 is 10.0 Å². The molecule has 26 heavy (non-hydrogen) atoms. The highest BCUT2D eigenvalue weighted by Crippen LogP contribution is 2.28. The van der Waals surface area contributed by atoms with Gasteiger partial charge in [-0.05, 0) is 41.8 Å². The van der Waals surface area contributed by atoms with Gasteiger partial charge in [-0.1, -0.05) is 43.6 Å². The van der Waals surface area contributed by atoms with E-state index >= 15 is 0 Å². The first-order valence-electron chi connectivity index (χ1n) is 8.30. The van der Waals surface area contributed by atoms with Gasteiger partial charge in [0.15, 0.2) is 0 Å². The average Bonchev–Trinajstić information content (AvgIpc) is 2.58. The van der Waals surface area contributed by atoms with Gasteiger partial charge >= 0.3 is 0 Å². The van der Waals surface area contributed by atoms with Crippen LogP contribution in [0.1, 0.15) is 35.7 Å². The number of carbonyl (C=O) groups excluding carboxylic acids is 1. The average molecular weight is 395 g/mol. The Morgan fingerprint density at radius 1 is 1.12 bits per heavy atom. The lowest BCUT2D eigenvalue weighted by molar-refractivity contribution is 0.0955. The van der Waals surface area contributed by atoms with Gasteiger partial charge in [0.1, 0.15) is 0 Å². The summed E-state index contributed by atoms with van der Waals surface area (Å²) in [6.07, 6.45) is 1.17. The van der Waals surface area contributed by atoms with Crippen LogP contribution >= 0.6 is 11.6 Å². The van der Waals surface area contributed by atoms with E-state index in [2.05, 4.69) is 5.32 Å². The van der Waals surface area contributed by atoms with Crippen molar-refractivity contribution in [1.29, 1.82) is 0 Å². The van der Waals surface area contributed by atoms with E-state index in [1.165, 1.54) is 10.6 Å². The number of nitrogens with zero attached hydrogens (tertiary/aromatic N) is 1. The fraction of sp³-hybridized carbons (Fsp3) is 0.316. The lowest BCUT2D eigenvalue weighted by Crippen LogP contribution is -2.38. The van der Waals surface area contributed by atoms with Crippen molar-refractivity contribution in [3.8, 4) is 0 Å². The van der Waals surface area contributed by atoms with Crippen LogP contribution < -0.4 is 9.62 Å². The number of rotatable bonds is 7. The molecule has 5 nitrogen and oxygen atoms in total. The summed E-state index contributed by atoms with van der Waals surface area (Å²) in [5.74, 6) is -0.0913. The third kappa shape index (κ3) is 5.22. The fourth-order valence-electron chi connectivity index (χ4n) is 2.64. The smallest absolute Gasteiger partial charge is 0.251 e. The molecule has 0 aliphatic heterocycles. The number of halogens is 1. The Kier molecular flexibility index (Phi) is 6.67. The van der Waals surface area contributed by atoms with Crippen LogP contribution in [0.5, 0.6) is 0 Å². The fourth-order valence-corrected chi connectivity index (χ4v) is 3.71. The largest absolute Gasteiger partial charge is 0.350 e. The van der Waals surface area contributed by atoms with Crippen molar-refractivity contribution in [3.05, 3.63) is 64.7 Å². The number of anilines is 1. The summed E-state index contributed by atoms with van der Waals surface area (Å²) < 4.78 is 25.9.